The number of nitrogens with zero attached hydrogens (tertiary/aromatic N) is 5. The predicted molar refractivity (Wildman–Crippen MR) is 143 cm³/mol. The molecule has 0 saturated carbocycles. The predicted octanol–water partition coefficient (Wildman–Crippen LogP) is 5.85. The maximum atomic E-state index is 13.7. The Morgan fingerprint density at radius 2 is 1.74 bits per heavy atom. The molecule has 0 bridgehead atoms. The molecule has 2 amide bonds. The standard InChI is InChI=1S/C24H22BrF8N7O2S/c1-4-14-15(37-18(41)12-6-5-7-13(25)17(12)19(42)35-11(2)10-43-3)8-34-16(36-14)9-40-21(23(28,29)30)38-20(39-40)22(26,27)24(31,32)33/h5-8,11H,4,9-10H2,1-3H3,(H,35,42)(H,37,41)/t11-/m0/s1. The molecule has 3 aromatic rings. The van der Waals surface area contributed by atoms with Crippen LogP contribution in [0.3, 0.4) is 0 Å². The van der Waals surface area contributed by atoms with E-state index in [4.69, 9.17) is 0 Å². The third-order valence-corrected chi connectivity index (χ3v) is 7.13. The van der Waals surface area contributed by atoms with Gasteiger partial charge in [-0.15, -0.1) is 5.10 Å². The van der Waals surface area contributed by atoms with Crippen molar-refractivity contribution in [3.05, 3.63) is 63.2 Å². The quantitative estimate of drug-likeness (QED) is 0.255. The van der Waals surface area contributed by atoms with Crippen molar-refractivity contribution in [3.8, 4) is 0 Å². The van der Waals surface area contributed by atoms with E-state index in [0.717, 1.165) is 6.20 Å². The van der Waals surface area contributed by atoms with E-state index in [9.17, 15) is 44.7 Å². The molecule has 3 rings (SSSR count). The molecule has 9 nitrogen and oxygen atoms in total. The second kappa shape index (κ2) is 13.1. The number of halogens is 9. The van der Waals surface area contributed by atoms with Gasteiger partial charge >= 0.3 is 18.3 Å². The summed E-state index contributed by atoms with van der Waals surface area (Å²) in [6, 6.07) is 4.27. The summed E-state index contributed by atoms with van der Waals surface area (Å²) in [5.74, 6) is -11.3. The highest BCUT2D eigenvalue weighted by Crippen LogP contribution is 2.43. The van der Waals surface area contributed by atoms with Gasteiger partial charge in [-0.3, -0.25) is 9.59 Å². The van der Waals surface area contributed by atoms with Crippen molar-refractivity contribution in [2.75, 3.05) is 17.3 Å². The van der Waals surface area contributed by atoms with E-state index < -0.39 is 54.1 Å². The number of carbonyl (C=O) groups is 2. The highest BCUT2D eigenvalue weighted by molar-refractivity contribution is 9.10. The Morgan fingerprint density at radius 1 is 1.07 bits per heavy atom. The number of carbonyl (C=O) groups excluding carboxylic acids is 2. The zero-order chi connectivity index (χ0) is 32.3. The van der Waals surface area contributed by atoms with Crippen LogP contribution in [0.5, 0.6) is 0 Å². The van der Waals surface area contributed by atoms with Crippen LogP contribution in [-0.4, -0.2) is 60.8 Å². The molecule has 0 fully saturated rings. The fraction of sp³-hybridized carbons (Fsp3) is 0.417. The van der Waals surface area contributed by atoms with E-state index in [1.165, 1.54) is 23.9 Å². The topological polar surface area (TPSA) is 115 Å². The van der Waals surface area contributed by atoms with Crippen molar-refractivity contribution in [2.24, 2.45) is 0 Å². The Labute approximate surface area is 251 Å². The van der Waals surface area contributed by atoms with Crippen LogP contribution in [0.2, 0.25) is 0 Å². The molecule has 0 spiro atoms. The highest BCUT2D eigenvalue weighted by Gasteiger charge is 2.62. The molecule has 234 valence electrons. The molecule has 0 saturated heterocycles. The van der Waals surface area contributed by atoms with E-state index in [1.807, 2.05) is 6.26 Å². The first kappa shape index (κ1) is 34.1. The SMILES string of the molecule is CCc1nc(Cn2nc(C(F)(F)C(F)(F)F)nc2C(F)(F)F)ncc1NC(=O)c1cccc(Br)c1C(=O)N[C@@H](C)CSC. The van der Waals surface area contributed by atoms with Crippen molar-refractivity contribution < 1.29 is 44.7 Å². The molecule has 43 heavy (non-hydrogen) atoms. The van der Waals surface area contributed by atoms with Gasteiger partial charge in [0.25, 0.3) is 11.8 Å². The molecule has 19 heteroatoms. The summed E-state index contributed by atoms with van der Waals surface area (Å²) in [5.41, 5.74) is 0.116. The van der Waals surface area contributed by atoms with E-state index in [0.29, 0.717) is 10.2 Å². The van der Waals surface area contributed by atoms with Crippen LogP contribution in [0.4, 0.5) is 40.8 Å². The van der Waals surface area contributed by atoms with Crippen molar-refractivity contribution >= 4 is 45.2 Å². The van der Waals surface area contributed by atoms with Gasteiger partial charge in [0.2, 0.25) is 11.6 Å². The molecule has 0 unspecified atom stereocenters. The molecule has 0 radical (unpaired) electrons. The van der Waals surface area contributed by atoms with Crippen LogP contribution in [0.25, 0.3) is 0 Å². The molecular weight excluding hydrogens is 682 g/mol. The van der Waals surface area contributed by atoms with E-state index in [2.05, 4.69) is 46.6 Å². The third-order valence-electron chi connectivity index (χ3n) is 5.63. The number of amides is 2. The van der Waals surface area contributed by atoms with Gasteiger partial charge in [0, 0.05) is 16.3 Å². The molecule has 1 aromatic carbocycles. The molecule has 2 N–H and O–H groups in total. The summed E-state index contributed by atoms with van der Waals surface area (Å²) in [6.45, 7) is 2.30. The average Bonchev–Trinajstić information content (AvgIpc) is 3.34. The first-order valence-corrected chi connectivity index (χ1v) is 14.3. The largest absolute Gasteiger partial charge is 0.461 e. The number of hydrogen-bond acceptors (Lipinski definition) is 7. The summed E-state index contributed by atoms with van der Waals surface area (Å²) < 4.78 is 106. The first-order valence-electron chi connectivity index (χ1n) is 12.1. The van der Waals surface area contributed by atoms with E-state index >= 15 is 0 Å². The lowest BCUT2D eigenvalue weighted by molar-refractivity contribution is -0.292. The Hall–Kier alpha value is -3.35. The number of rotatable bonds is 10. The van der Waals surface area contributed by atoms with Gasteiger partial charge in [0.1, 0.15) is 12.4 Å². The van der Waals surface area contributed by atoms with Crippen LogP contribution in [0.15, 0.2) is 28.9 Å². The molecule has 0 aliphatic rings. The molecular formula is C24H22BrF8N7O2S. The molecule has 0 aliphatic heterocycles. The smallest absolute Gasteiger partial charge is 0.349 e. The van der Waals surface area contributed by atoms with Crippen molar-refractivity contribution in [2.45, 2.75) is 51.1 Å². The Bertz CT molecular complexity index is 1500. The Balaban J connectivity index is 1.92. The van der Waals surface area contributed by atoms with Crippen LogP contribution in [-0.2, 0) is 25.1 Å². The van der Waals surface area contributed by atoms with Gasteiger partial charge in [-0.05, 0) is 47.7 Å². The Kier molecular flexibility index (Phi) is 10.4. The normalized spacial score (nSPS) is 13.1. The van der Waals surface area contributed by atoms with Gasteiger partial charge in [0.15, 0.2) is 0 Å². The fourth-order valence-corrected chi connectivity index (χ4v) is 4.82. The lowest BCUT2D eigenvalue weighted by atomic mass is 10.1. The maximum Gasteiger partial charge on any atom is 0.461 e. The molecule has 2 aromatic heterocycles. The van der Waals surface area contributed by atoms with Crippen molar-refractivity contribution in [3.63, 3.8) is 0 Å². The minimum Gasteiger partial charge on any atom is -0.349 e. The summed E-state index contributed by atoms with van der Waals surface area (Å²) >= 11 is 4.78. The van der Waals surface area contributed by atoms with Crippen molar-refractivity contribution in [1.29, 1.82) is 0 Å². The fourth-order valence-electron chi connectivity index (χ4n) is 3.69. The molecule has 1 atom stereocenters. The summed E-state index contributed by atoms with van der Waals surface area (Å²) in [4.78, 5) is 36.4. The monoisotopic (exact) mass is 703 g/mol. The lowest BCUT2D eigenvalue weighted by Crippen LogP contribution is -2.35. The minimum absolute atomic E-state index is 0.0114. The highest BCUT2D eigenvalue weighted by atomic mass is 79.9. The van der Waals surface area contributed by atoms with Gasteiger partial charge in [-0.1, -0.05) is 13.0 Å². The second-order valence-electron chi connectivity index (χ2n) is 8.93. The summed E-state index contributed by atoms with van der Waals surface area (Å²) in [6.07, 6.45) is -8.70. The van der Waals surface area contributed by atoms with E-state index in [-0.39, 0.29) is 39.7 Å². The molecule has 0 aliphatic carbocycles. The number of alkyl halides is 8. The third kappa shape index (κ3) is 7.79. The number of nitrogens with one attached hydrogen (secondary N) is 2. The zero-order valence-electron chi connectivity index (χ0n) is 22.4. The van der Waals surface area contributed by atoms with Gasteiger partial charge in [0.05, 0.1) is 28.7 Å². The van der Waals surface area contributed by atoms with Crippen LogP contribution < -0.4 is 10.6 Å². The van der Waals surface area contributed by atoms with Crippen LogP contribution >= 0.6 is 27.7 Å². The first-order chi connectivity index (χ1) is 19.9. The molecule has 2 heterocycles. The minimum atomic E-state index is -6.24. The summed E-state index contributed by atoms with van der Waals surface area (Å²) in [5, 5.41) is 8.09. The van der Waals surface area contributed by atoms with Gasteiger partial charge in [-0.2, -0.15) is 46.9 Å². The number of aryl methyl sites for hydroxylation is 1. The number of anilines is 1. The zero-order valence-corrected chi connectivity index (χ0v) is 24.8. The number of thioether (sulfide) groups is 1. The Morgan fingerprint density at radius 3 is 2.33 bits per heavy atom. The number of aromatic nitrogens is 5. The lowest BCUT2D eigenvalue weighted by Gasteiger charge is -2.16. The second-order valence-corrected chi connectivity index (χ2v) is 10.7. The van der Waals surface area contributed by atoms with Crippen LogP contribution in [0.1, 0.15) is 57.7 Å². The van der Waals surface area contributed by atoms with Crippen LogP contribution in [0, 0.1) is 0 Å². The number of benzene rings is 1. The summed E-state index contributed by atoms with van der Waals surface area (Å²) in [7, 11) is 0. The average molecular weight is 704 g/mol. The van der Waals surface area contributed by atoms with Gasteiger partial charge < -0.3 is 10.6 Å². The van der Waals surface area contributed by atoms with E-state index in [1.54, 1.807) is 19.9 Å². The number of hydrogen-bond donors (Lipinski definition) is 2. The maximum absolute atomic E-state index is 13.7. The van der Waals surface area contributed by atoms with Crippen molar-refractivity contribution in [1.82, 2.24) is 30.0 Å². The van der Waals surface area contributed by atoms with Gasteiger partial charge in [-0.25, -0.2) is 19.6 Å².